The van der Waals surface area contributed by atoms with E-state index in [9.17, 15) is 9.90 Å². The SMILES string of the molecule is CC(=N)/C(=C\O)C(=O)Nc1nn(Cc2ccc(C#N)cc2)c2ccccc12. The molecule has 0 radical (unpaired) electrons. The molecule has 0 unspecified atom stereocenters. The van der Waals surface area contributed by atoms with Crippen LogP contribution >= 0.6 is 0 Å². The number of amides is 1. The molecule has 0 bridgehead atoms. The maximum Gasteiger partial charge on any atom is 0.261 e. The number of rotatable bonds is 5. The first-order chi connectivity index (χ1) is 13.0. The summed E-state index contributed by atoms with van der Waals surface area (Å²) < 4.78 is 1.76. The number of nitriles is 1. The third kappa shape index (κ3) is 3.70. The smallest absolute Gasteiger partial charge is 0.261 e. The highest BCUT2D eigenvalue weighted by molar-refractivity contribution is 6.24. The lowest BCUT2D eigenvalue weighted by molar-refractivity contribution is -0.112. The second-order valence-electron chi connectivity index (χ2n) is 5.95. The van der Waals surface area contributed by atoms with E-state index in [1.54, 1.807) is 16.8 Å². The number of carbonyl (C=O) groups is 1. The van der Waals surface area contributed by atoms with Crippen molar-refractivity contribution in [3.8, 4) is 6.07 Å². The lowest BCUT2D eigenvalue weighted by atomic mass is 10.1. The summed E-state index contributed by atoms with van der Waals surface area (Å²) in [6, 6.07) is 16.8. The molecule has 7 heteroatoms. The van der Waals surface area contributed by atoms with Crippen LogP contribution in [0.5, 0.6) is 0 Å². The first kappa shape index (κ1) is 17.9. The number of hydrogen-bond acceptors (Lipinski definition) is 5. The third-order valence-electron chi connectivity index (χ3n) is 4.08. The molecule has 134 valence electrons. The maximum absolute atomic E-state index is 12.3. The van der Waals surface area contributed by atoms with Crippen molar-refractivity contribution < 1.29 is 9.90 Å². The van der Waals surface area contributed by atoms with Crippen LogP contribution in [0.25, 0.3) is 10.9 Å². The highest BCUT2D eigenvalue weighted by atomic mass is 16.2. The molecule has 0 fully saturated rings. The summed E-state index contributed by atoms with van der Waals surface area (Å²) in [5, 5.41) is 33.5. The Labute approximate surface area is 155 Å². The van der Waals surface area contributed by atoms with Crippen molar-refractivity contribution in [2.75, 3.05) is 5.32 Å². The van der Waals surface area contributed by atoms with Crippen molar-refractivity contribution in [2.24, 2.45) is 0 Å². The number of nitrogens with zero attached hydrogens (tertiary/aromatic N) is 3. The van der Waals surface area contributed by atoms with Crippen molar-refractivity contribution in [2.45, 2.75) is 13.5 Å². The summed E-state index contributed by atoms with van der Waals surface area (Å²) in [4.78, 5) is 12.3. The molecule has 7 nitrogen and oxygen atoms in total. The zero-order chi connectivity index (χ0) is 19.4. The minimum absolute atomic E-state index is 0.0451. The van der Waals surface area contributed by atoms with Gasteiger partial charge in [-0.05, 0) is 36.8 Å². The van der Waals surface area contributed by atoms with Gasteiger partial charge in [0.15, 0.2) is 5.82 Å². The Morgan fingerprint density at radius 3 is 2.63 bits per heavy atom. The van der Waals surface area contributed by atoms with Gasteiger partial charge in [-0.15, -0.1) is 0 Å². The molecular formula is C20H17N5O2. The van der Waals surface area contributed by atoms with Crippen LogP contribution in [0.15, 0.2) is 60.4 Å². The molecule has 0 saturated carbocycles. The molecular weight excluding hydrogens is 342 g/mol. The number of hydrogen-bond donors (Lipinski definition) is 3. The van der Waals surface area contributed by atoms with Gasteiger partial charge in [0.25, 0.3) is 5.91 Å². The van der Waals surface area contributed by atoms with Gasteiger partial charge in [-0.3, -0.25) is 9.48 Å². The third-order valence-corrected chi connectivity index (χ3v) is 4.08. The molecule has 27 heavy (non-hydrogen) atoms. The zero-order valence-corrected chi connectivity index (χ0v) is 14.6. The van der Waals surface area contributed by atoms with E-state index in [1.807, 2.05) is 36.4 Å². The Morgan fingerprint density at radius 2 is 2.00 bits per heavy atom. The van der Waals surface area contributed by atoms with Gasteiger partial charge in [-0.2, -0.15) is 10.4 Å². The molecule has 0 aliphatic heterocycles. The minimum Gasteiger partial charge on any atom is -0.515 e. The van der Waals surface area contributed by atoms with Gasteiger partial charge >= 0.3 is 0 Å². The molecule has 0 saturated heterocycles. The van der Waals surface area contributed by atoms with Crippen LogP contribution in [-0.2, 0) is 11.3 Å². The summed E-state index contributed by atoms with van der Waals surface area (Å²) in [5.74, 6) is -0.247. The Morgan fingerprint density at radius 1 is 1.30 bits per heavy atom. The average Bonchev–Trinajstić information content (AvgIpc) is 3.00. The van der Waals surface area contributed by atoms with Crippen molar-refractivity contribution in [1.29, 1.82) is 10.7 Å². The minimum atomic E-state index is -0.598. The van der Waals surface area contributed by atoms with Gasteiger partial charge in [0, 0.05) is 11.1 Å². The van der Waals surface area contributed by atoms with Gasteiger partial charge in [0.2, 0.25) is 0 Å². The number of fused-ring (bicyclic) bond motifs is 1. The summed E-state index contributed by atoms with van der Waals surface area (Å²) >= 11 is 0. The fraction of sp³-hybridized carbons (Fsp3) is 0.100. The first-order valence-electron chi connectivity index (χ1n) is 8.19. The van der Waals surface area contributed by atoms with E-state index in [2.05, 4.69) is 16.5 Å². The quantitative estimate of drug-likeness (QED) is 0.368. The summed E-state index contributed by atoms with van der Waals surface area (Å²) in [5.41, 5.74) is 2.21. The lowest BCUT2D eigenvalue weighted by Gasteiger charge is -2.05. The van der Waals surface area contributed by atoms with E-state index in [0.717, 1.165) is 16.5 Å². The summed E-state index contributed by atoms with van der Waals surface area (Å²) in [7, 11) is 0. The predicted octanol–water partition coefficient (Wildman–Crippen LogP) is 3.38. The fourth-order valence-corrected chi connectivity index (χ4v) is 2.70. The van der Waals surface area contributed by atoms with Crippen LogP contribution in [0.1, 0.15) is 18.1 Å². The molecule has 1 heterocycles. The van der Waals surface area contributed by atoms with E-state index in [1.165, 1.54) is 6.92 Å². The largest absolute Gasteiger partial charge is 0.515 e. The van der Waals surface area contributed by atoms with Crippen LogP contribution in [0.4, 0.5) is 5.82 Å². The van der Waals surface area contributed by atoms with Crippen molar-refractivity contribution in [3.05, 3.63) is 71.5 Å². The van der Waals surface area contributed by atoms with Gasteiger partial charge < -0.3 is 15.8 Å². The number of aromatic nitrogens is 2. The van der Waals surface area contributed by atoms with Crippen LogP contribution in [0, 0.1) is 16.7 Å². The zero-order valence-electron chi connectivity index (χ0n) is 14.6. The number of nitrogens with one attached hydrogen (secondary N) is 2. The van der Waals surface area contributed by atoms with Gasteiger partial charge in [0.05, 0.1) is 35.5 Å². The summed E-state index contributed by atoms with van der Waals surface area (Å²) in [6.07, 6.45) is 0.619. The standard InChI is InChI=1S/C20H17N5O2/c1-13(22)17(12-26)20(27)23-19-16-4-2-3-5-18(16)25(24-19)11-15-8-6-14(10-21)7-9-15/h2-9,12,22,26H,11H2,1H3,(H,23,24,27)/b17-12+,22-13?. The Balaban J connectivity index is 1.95. The summed E-state index contributed by atoms with van der Waals surface area (Å²) in [6.45, 7) is 1.89. The lowest BCUT2D eigenvalue weighted by Crippen LogP contribution is -2.19. The van der Waals surface area contributed by atoms with E-state index in [4.69, 9.17) is 10.7 Å². The normalized spacial score (nSPS) is 11.2. The van der Waals surface area contributed by atoms with E-state index < -0.39 is 5.91 Å². The molecule has 3 N–H and O–H groups in total. The monoisotopic (exact) mass is 359 g/mol. The molecule has 0 aliphatic rings. The number of benzene rings is 2. The Hall–Kier alpha value is -3.92. The molecule has 0 aliphatic carbocycles. The van der Waals surface area contributed by atoms with Crippen molar-refractivity contribution in [3.63, 3.8) is 0 Å². The molecule has 1 amide bonds. The Kier molecular flexibility index (Phi) is 4.99. The number of aliphatic hydroxyl groups excluding tert-OH is 1. The molecule has 0 spiro atoms. The fourth-order valence-electron chi connectivity index (χ4n) is 2.70. The second kappa shape index (κ2) is 7.54. The van der Waals surface area contributed by atoms with Crippen LogP contribution in [0.3, 0.4) is 0 Å². The first-order valence-corrected chi connectivity index (χ1v) is 8.19. The highest BCUT2D eigenvalue weighted by Crippen LogP contribution is 2.24. The van der Waals surface area contributed by atoms with E-state index in [0.29, 0.717) is 24.2 Å². The maximum atomic E-state index is 12.3. The van der Waals surface area contributed by atoms with Gasteiger partial charge in [-0.25, -0.2) is 0 Å². The number of para-hydroxylation sites is 1. The van der Waals surface area contributed by atoms with Crippen LogP contribution in [0.2, 0.25) is 0 Å². The van der Waals surface area contributed by atoms with Crippen LogP contribution < -0.4 is 5.32 Å². The van der Waals surface area contributed by atoms with Gasteiger partial charge in [0.1, 0.15) is 0 Å². The van der Waals surface area contributed by atoms with Crippen LogP contribution in [-0.4, -0.2) is 26.5 Å². The Bertz CT molecular complexity index is 1090. The molecule has 1 aromatic heterocycles. The molecule has 0 atom stereocenters. The van der Waals surface area contributed by atoms with Crippen molar-refractivity contribution in [1.82, 2.24) is 9.78 Å². The topological polar surface area (TPSA) is 115 Å². The number of carbonyl (C=O) groups excluding carboxylic acids is 1. The molecule has 2 aromatic carbocycles. The average molecular weight is 359 g/mol. The highest BCUT2D eigenvalue weighted by Gasteiger charge is 2.17. The van der Waals surface area contributed by atoms with Crippen molar-refractivity contribution >= 4 is 28.3 Å². The number of aliphatic hydroxyl groups is 1. The van der Waals surface area contributed by atoms with E-state index in [-0.39, 0.29) is 11.3 Å². The second-order valence-corrected chi connectivity index (χ2v) is 5.95. The van der Waals surface area contributed by atoms with E-state index >= 15 is 0 Å². The number of anilines is 1. The molecule has 3 aromatic rings. The predicted molar refractivity (Wildman–Crippen MR) is 103 cm³/mol. The van der Waals surface area contributed by atoms with Gasteiger partial charge in [-0.1, -0.05) is 24.3 Å². The molecule has 3 rings (SSSR count).